The quantitative estimate of drug-likeness (QED) is 0.889. The number of benzene rings is 1. The van der Waals surface area contributed by atoms with Gasteiger partial charge in [-0.25, -0.2) is 0 Å². The van der Waals surface area contributed by atoms with Gasteiger partial charge in [0, 0.05) is 27.5 Å². The van der Waals surface area contributed by atoms with Crippen LogP contribution >= 0.6 is 11.6 Å². The van der Waals surface area contributed by atoms with Gasteiger partial charge in [-0.3, -0.25) is 9.59 Å². The highest BCUT2D eigenvalue weighted by atomic mass is 35.5. The molecule has 2 N–H and O–H groups in total. The van der Waals surface area contributed by atoms with Crippen LogP contribution in [0.3, 0.4) is 0 Å². The Morgan fingerprint density at radius 3 is 2.73 bits per heavy atom. The number of hydrogen-bond donors (Lipinski definition) is 2. The first-order valence-electron chi connectivity index (χ1n) is 7.69. The standard InChI is InChI=1S/C17H19ClN2O2/c1-10-15(17(22)19-12-5-3-2-4-6-12)20-14-8-7-11(18)9-13(14)16(10)21/h7-9,12H,2-6H2,1H3,(H,19,22)(H,20,21). The van der Waals surface area contributed by atoms with Crippen molar-refractivity contribution in [1.29, 1.82) is 0 Å². The number of nitrogens with one attached hydrogen (secondary N) is 2. The van der Waals surface area contributed by atoms with E-state index in [-0.39, 0.29) is 17.4 Å². The molecule has 0 atom stereocenters. The van der Waals surface area contributed by atoms with Gasteiger partial charge in [0.05, 0.1) is 0 Å². The van der Waals surface area contributed by atoms with E-state index in [0.717, 1.165) is 25.7 Å². The minimum absolute atomic E-state index is 0.148. The molecule has 0 spiro atoms. The van der Waals surface area contributed by atoms with Crippen LogP contribution in [0.4, 0.5) is 0 Å². The molecule has 3 rings (SSSR count). The molecule has 1 aromatic carbocycles. The minimum atomic E-state index is -0.196. The highest BCUT2D eigenvalue weighted by Gasteiger charge is 2.20. The molecule has 0 unspecified atom stereocenters. The Hall–Kier alpha value is -1.81. The smallest absolute Gasteiger partial charge is 0.268 e. The molecule has 5 heteroatoms. The first-order valence-corrected chi connectivity index (χ1v) is 8.07. The molecule has 1 amide bonds. The molecule has 2 aromatic rings. The summed E-state index contributed by atoms with van der Waals surface area (Å²) in [6, 6.07) is 5.28. The molecule has 0 saturated heterocycles. The second-order valence-corrected chi connectivity index (χ2v) is 6.39. The average molecular weight is 319 g/mol. The van der Waals surface area contributed by atoms with Crippen LogP contribution in [0, 0.1) is 6.92 Å². The summed E-state index contributed by atoms with van der Waals surface area (Å²) in [5.41, 5.74) is 1.27. The predicted molar refractivity (Wildman–Crippen MR) is 88.7 cm³/mol. The summed E-state index contributed by atoms with van der Waals surface area (Å²) in [6.07, 6.45) is 5.56. The molecule has 1 aromatic heterocycles. The van der Waals surface area contributed by atoms with Crippen LogP contribution < -0.4 is 10.7 Å². The Balaban J connectivity index is 1.96. The molecule has 1 saturated carbocycles. The molecule has 1 aliphatic rings. The van der Waals surface area contributed by atoms with Crippen LogP contribution in [-0.2, 0) is 0 Å². The van der Waals surface area contributed by atoms with Gasteiger partial charge >= 0.3 is 0 Å². The van der Waals surface area contributed by atoms with E-state index in [1.165, 1.54) is 6.42 Å². The van der Waals surface area contributed by atoms with E-state index in [9.17, 15) is 9.59 Å². The molecule has 22 heavy (non-hydrogen) atoms. The van der Waals surface area contributed by atoms with Crippen LogP contribution in [0.5, 0.6) is 0 Å². The Labute approximate surface area is 133 Å². The van der Waals surface area contributed by atoms with E-state index in [2.05, 4.69) is 10.3 Å². The zero-order valence-corrected chi connectivity index (χ0v) is 13.3. The molecular weight excluding hydrogens is 300 g/mol. The maximum atomic E-state index is 12.5. The van der Waals surface area contributed by atoms with Gasteiger partial charge < -0.3 is 10.3 Å². The summed E-state index contributed by atoms with van der Waals surface area (Å²) >= 11 is 5.94. The summed E-state index contributed by atoms with van der Waals surface area (Å²) in [4.78, 5) is 28.0. The van der Waals surface area contributed by atoms with Crippen LogP contribution in [0.15, 0.2) is 23.0 Å². The topological polar surface area (TPSA) is 62.0 Å². The molecule has 0 radical (unpaired) electrons. The van der Waals surface area contributed by atoms with Crippen molar-refractivity contribution in [3.8, 4) is 0 Å². The van der Waals surface area contributed by atoms with Crippen molar-refractivity contribution in [2.75, 3.05) is 0 Å². The van der Waals surface area contributed by atoms with E-state index < -0.39 is 0 Å². The largest absolute Gasteiger partial charge is 0.350 e. The van der Waals surface area contributed by atoms with Gasteiger partial charge in [-0.05, 0) is 38.0 Å². The van der Waals surface area contributed by atoms with Gasteiger partial charge in [-0.1, -0.05) is 30.9 Å². The molecule has 1 aliphatic carbocycles. The molecule has 116 valence electrons. The molecule has 0 bridgehead atoms. The normalized spacial score (nSPS) is 15.9. The number of aromatic amines is 1. The summed E-state index contributed by atoms with van der Waals surface area (Å²) in [6.45, 7) is 1.68. The van der Waals surface area contributed by atoms with Crippen LogP contribution in [0.25, 0.3) is 10.9 Å². The lowest BCUT2D eigenvalue weighted by Gasteiger charge is -2.23. The van der Waals surface area contributed by atoms with Gasteiger partial charge in [0.2, 0.25) is 0 Å². The fourth-order valence-corrected chi connectivity index (χ4v) is 3.26. The minimum Gasteiger partial charge on any atom is -0.350 e. The number of carbonyl (C=O) groups excluding carboxylic acids is 1. The number of amides is 1. The van der Waals surface area contributed by atoms with Gasteiger partial charge in [0.15, 0.2) is 5.43 Å². The summed E-state index contributed by atoms with van der Waals surface area (Å²) in [5.74, 6) is -0.196. The third-order valence-electron chi connectivity index (χ3n) is 4.37. The van der Waals surface area contributed by atoms with E-state index in [1.807, 2.05) is 0 Å². The van der Waals surface area contributed by atoms with Crippen molar-refractivity contribution in [3.63, 3.8) is 0 Å². The Kier molecular flexibility index (Phi) is 4.21. The van der Waals surface area contributed by atoms with E-state index in [1.54, 1.807) is 25.1 Å². The van der Waals surface area contributed by atoms with Crippen LogP contribution in [0.1, 0.15) is 48.2 Å². The number of carbonyl (C=O) groups is 1. The maximum absolute atomic E-state index is 12.5. The molecule has 1 fully saturated rings. The van der Waals surface area contributed by atoms with Gasteiger partial charge in [-0.15, -0.1) is 0 Å². The van der Waals surface area contributed by atoms with Gasteiger partial charge in [-0.2, -0.15) is 0 Å². The highest BCUT2D eigenvalue weighted by molar-refractivity contribution is 6.31. The van der Waals surface area contributed by atoms with E-state index >= 15 is 0 Å². The Morgan fingerprint density at radius 2 is 2.00 bits per heavy atom. The Morgan fingerprint density at radius 1 is 1.27 bits per heavy atom. The average Bonchev–Trinajstić information content (AvgIpc) is 2.52. The fraction of sp³-hybridized carbons (Fsp3) is 0.412. The number of fused-ring (bicyclic) bond motifs is 1. The van der Waals surface area contributed by atoms with Crippen molar-refractivity contribution in [3.05, 3.63) is 44.7 Å². The van der Waals surface area contributed by atoms with E-state index in [4.69, 9.17) is 11.6 Å². The van der Waals surface area contributed by atoms with Gasteiger partial charge in [0.25, 0.3) is 5.91 Å². The maximum Gasteiger partial charge on any atom is 0.268 e. The number of H-pyrrole nitrogens is 1. The number of pyridine rings is 1. The molecule has 0 aliphatic heterocycles. The third kappa shape index (κ3) is 2.88. The monoisotopic (exact) mass is 318 g/mol. The molecule has 1 heterocycles. The zero-order valence-electron chi connectivity index (χ0n) is 12.5. The number of hydrogen-bond acceptors (Lipinski definition) is 2. The number of aromatic nitrogens is 1. The number of halogens is 1. The molecular formula is C17H19ClN2O2. The van der Waals surface area contributed by atoms with Crippen molar-refractivity contribution in [2.24, 2.45) is 0 Å². The lowest BCUT2D eigenvalue weighted by molar-refractivity contribution is 0.0922. The lowest BCUT2D eigenvalue weighted by Crippen LogP contribution is -2.37. The van der Waals surface area contributed by atoms with Crippen LogP contribution in [0.2, 0.25) is 5.02 Å². The van der Waals surface area contributed by atoms with Crippen molar-refractivity contribution >= 4 is 28.4 Å². The van der Waals surface area contributed by atoms with Crippen molar-refractivity contribution in [1.82, 2.24) is 10.3 Å². The van der Waals surface area contributed by atoms with Crippen molar-refractivity contribution < 1.29 is 4.79 Å². The first-order chi connectivity index (χ1) is 10.6. The molecule has 4 nitrogen and oxygen atoms in total. The zero-order chi connectivity index (χ0) is 15.7. The summed E-state index contributed by atoms with van der Waals surface area (Å²) < 4.78 is 0. The Bertz CT molecular complexity index is 776. The summed E-state index contributed by atoms with van der Waals surface area (Å²) in [5, 5.41) is 4.07. The lowest BCUT2D eigenvalue weighted by atomic mass is 9.95. The van der Waals surface area contributed by atoms with Crippen LogP contribution in [-0.4, -0.2) is 16.9 Å². The SMILES string of the molecule is Cc1c(C(=O)NC2CCCCC2)[nH]c2ccc(Cl)cc2c1=O. The van der Waals surface area contributed by atoms with Gasteiger partial charge in [0.1, 0.15) is 5.69 Å². The second-order valence-electron chi connectivity index (χ2n) is 5.95. The second kappa shape index (κ2) is 6.13. The van der Waals surface area contributed by atoms with E-state index in [0.29, 0.717) is 27.2 Å². The highest BCUT2D eigenvalue weighted by Crippen LogP contribution is 2.19. The fourth-order valence-electron chi connectivity index (χ4n) is 3.09. The predicted octanol–water partition coefficient (Wildman–Crippen LogP) is 3.55. The number of rotatable bonds is 2. The third-order valence-corrected chi connectivity index (χ3v) is 4.60. The summed E-state index contributed by atoms with van der Waals surface area (Å²) in [7, 11) is 0. The van der Waals surface area contributed by atoms with Crippen molar-refractivity contribution in [2.45, 2.75) is 45.1 Å². The first kappa shape index (κ1) is 15.1.